The van der Waals surface area contributed by atoms with Gasteiger partial charge >= 0.3 is 0 Å². The highest BCUT2D eigenvalue weighted by molar-refractivity contribution is 9.10. The van der Waals surface area contributed by atoms with Crippen LogP contribution in [0.25, 0.3) is 0 Å². The molecule has 78 valence electrons. The van der Waals surface area contributed by atoms with E-state index in [2.05, 4.69) is 46.4 Å². The number of rotatable bonds is 5. The first-order valence-corrected chi connectivity index (χ1v) is 6.61. The third-order valence-corrected chi connectivity index (χ3v) is 3.80. The first kappa shape index (κ1) is 12.1. The van der Waals surface area contributed by atoms with Crippen molar-refractivity contribution >= 4 is 27.7 Å². The van der Waals surface area contributed by atoms with Crippen LogP contribution in [0.15, 0.2) is 27.6 Å². The lowest BCUT2D eigenvalue weighted by Crippen LogP contribution is -2.05. The van der Waals surface area contributed by atoms with E-state index < -0.39 is 0 Å². The maximum Gasteiger partial charge on any atom is 0.0231 e. The van der Waals surface area contributed by atoms with Crippen molar-refractivity contribution in [3.63, 3.8) is 0 Å². The molecule has 1 aromatic rings. The zero-order chi connectivity index (χ0) is 10.4. The van der Waals surface area contributed by atoms with Crippen LogP contribution in [-0.4, -0.2) is 12.8 Å². The highest BCUT2D eigenvalue weighted by Gasteiger charge is 2.00. The number of thioether (sulfide) groups is 1. The molecule has 1 aromatic carbocycles. The van der Waals surface area contributed by atoms with Gasteiger partial charge in [0.05, 0.1) is 0 Å². The summed E-state index contributed by atoms with van der Waals surface area (Å²) in [5.74, 6) is 1.19. The lowest BCUT2D eigenvalue weighted by atomic mass is 10.2. The number of hydrogen-bond donors (Lipinski definition) is 1. The summed E-state index contributed by atoms with van der Waals surface area (Å²) in [6.07, 6.45) is 1.22. The average Bonchev–Trinajstić information content (AvgIpc) is 2.19. The van der Waals surface area contributed by atoms with Crippen molar-refractivity contribution in [2.75, 3.05) is 12.8 Å². The lowest BCUT2D eigenvalue weighted by Gasteiger charge is -2.06. The standard InChI is InChI=1S/C11H16BrNS/c1-3-6-14-10-5-4-9(8-13-2)11(12)7-10/h4-5,7,13H,3,6,8H2,1-2H3. The third-order valence-electron chi connectivity index (χ3n) is 1.86. The zero-order valence-corrected chi connectivity index (χ0v) is 11.0. The predicted molar refractivity (Wildman–Crippen MR) is 67.9 cm³/mol. The SMILES string of the molecule is CCCSc1ccc(CNC)c(Br)c1. The second-order valence-corrected chi connectivity index (χ2v) is 5.15. The van der Waals surface area contributed by atoms with Crippen molar-refractivity contribution < 1.29 is 0 Å². The molecule has 1 N–H and O–H groups in total. The van der Waals surface area contributed by atoms with Crippen LogP contribution in [0.5, 0.6) is 0 Å². The highest BCUT2D eigenvalue weighted by Crippen LogP contribution is 2.25. The molecule has 0 spiro atoms. The van der Waals surface area contributed by atoms with Gasteiger partial charge in [-0.15, -0.1) is 11.8 Å². The second kappa shape index (κ2) is 6.49. The van der Waals surface area contributed by atoms with E-state index in [1.807, 2.05) is 18.8 Å². The smallest absolute Gasteiger partial charge is 0.0231 e. The van der Waals surface area contributed by atoms with Gasteiger partial charge in [0.25, 0.3) is 0 Å². The predicted octanol–water partition coefficient (Wildman–Crippen LogP) is 3.67. The van der Waals surface area contributed by atoms with Gasteiger partial charge in [-0.1, -0.05) is 28.9 Å². The molecular weight excluding hydrogens is 258 g/mol. The minimum Gasteiger partial charge on any atom is -0.316 e. The van der Waals surface area contributed by atoms with Gasteiger partial charge in [0.1, 0.15) is 0 Å². The van der Waals surface area contributed by atoms with Crippen LogP contribution in [0.4, 0.5) is 0 Å². The quantitative estimate of drug-likeness (QED) is 0.822. The molecule has 0 unspecified atom stereocenters. The maximum absolute atomic E-state index is 3.59. The molecule has 3 heteroatoms. The summed E-state index contributed by atoms with van der Waals surface area (Å²) in [4.78, 5) is 1.35. The summed E-state index contributed by atoms with van der Waals surface area (Å²) in [5.41, 5.74) is 1.31. The van der Waals surface area contributed by atoms with Gasteiger partial charge in [-0.2, -0.15) is 0 Å². The van der Waals surface area contributed by atoms with Crippen LogP contribution in [0.1, 0.15) is 18.9 Å². The maximum atomic E-state index is 3.59. The normalized spacial score (nSPS) is 10.5. The van der Waals surface area contributed by atoms with E-state index >= 15 is 0 Å². The first-order chi connectivity index (χ1) is 6.77. The molecule has 0 aliphatic heterocycles. The Morgan fingerprint density at radius 3 is 2.79 bits per heavy atom. The number of hydrogen-bond acceptors (Lipinski definition) is 2. The van der Waals surface area contributed by atoms with Gasteiger partial charge in [-0.3, -0.25) is 0 Å². The summed E-state index contributed by atoms with van der Waals surface area (Å²) >= 11 is 5.50. The first-order valence-electron chi connectivity index (χ1n) is 4.83. The summed E-state index contributed by atoms with van der Waals surface area (Å²) in [6, 6.07) is 6.57. The molecule has 14 heavy (non-hydrogen) atoms. The Morgan fingerprint density at radius 2 is 2.21 bits per heavy atom. The van der Waals surface area contributed by atoms with Crippen molar-refractivity contribution in [3.8, 4) is 0 Å². The van der Waals surface area contributed by atoms with Gasteiger partial charge in [0.2, 0.25) is 0 Å². The topological polar surface area (TPSA) is 12.0 Å². The molecule has 0 aromatic heterocycles. The Bertz CT molecular complexity index is 289. The molecular formula is C11H16BrNS. The Hall–Kier alpha value is 0.01000. The molecule has 0 heterocycles. The van der Waals surface area contributed by atoms with Crippen LogP contribution in [0.2, 0.25) is 0 Å². The van der Waals surface area contributed by atoms with Crippen LogP contribution >= 0.6 is 27.7 Å². The molecule has 1 rings (SSSR count). The molecule has 0 bridgehead atoms. The number of nitrogens with one attached hydrogen (secondary N) is 1. The summed E-state index contributed by atoms with van der Waals surface area (Å²) in [6.45, 7) is 3.12. The van der Waals surface area contributed by atoms with Crippen molar-refractivity contribution in [1.82, 2.24) is 5.32 Å². The van der Waals surface area contributed by atoms with Crippen LogP contribution in [-0.2, 0) is 6.54 Å². The molecule has 0 aliphatic rings. The molecule has 0 atom stereocenters. The van der Waals surface area contributed by atoms with E-state index in [-0.39, 0.29) is 0 Å². The largest absolute Gasteiger partial charge is 0.316 e. The fourth-order valence-electron chi connectivity index (χ4n) is 1.17. The van der Waals surface area contributed by atoms with E-state index in [0.29, 0.717) is 0 Å². The Balaban J connectivity index is 2.68. The highest BCUT2D eigenvalue weighted by atomic mass is 79.9. The van der Waals surface area contributed by atoms with Crippen LogP contribution in [0, 0.1) is 0 Å². The molecule has 0 fully saturated rings. The van der Waals surface area contributed by atoms with E-state index in [0.717, 1.165) is 6.54 Å². The summed E-state index contributed by atoms with van der Waals surface area (Å²) < 4.78 is 1.20. The molecule has 1 nitrogen and oxygen atoms in total. The molecule has 0 amide bonds. The fourth-order valence-corrected chi connectivity index (χ4v) is 2.65. The summed E-state index contributed by atoms with van der Waals surface area (Å²) in [5, 5.41) is 3.15. The van der Waals surface area contributed by atoms with Crippen LogP contribution < -0.4 is 5.32 Å². The Labute approximate surface area is 98.8 Å². The Kier molecular flexibility index (Phi) is 5.60. The van der Waals surface area contributed by atoms with E-state index in [1.165, 1.54) is 27.1 Å². The number of halogens is 1. The Morgan fingerprint density at radius 1 is 1.43 bits per heavy atom. The minimum absolute atomic E-state index is 0.916. The van der Waals surface area contributed by atoms with Crippen molar-refractivity contribution in [2.45, 2.75) is 24.8 Å². The second-order valence-electron chi connectivity index (χ2n) is 3.13. The number of benzene rings is 1. The van der Waals surface area contributed by atoms with Crippen LogP contribution in [0.3, 0.4) is 0 Å². The molecule has 0 saturated carbocycles. The molecule has 0 aliphatic carbocycles. The van der Waals surface area contributed by atoms with Gasteiger partial charge in [0, 0.05) is 15.9 Å². The van der Waals surface area contributed by atoms with Gasteiger partial charge < -0.3 is 5.32 Å². The fraction of sp³-hybridized carbons (Fsp3) is 0.455. The molecule has 0 radical (unpaired) electrons. The van der Waals surface area contributed by atoms with Crippen molar-refractivity contribution in [2.24, 2.45) is 0 Å². The minimum atomic E-state index is 0.916. The average molecular weight is 274 g/mol. The van der Waals surface area contributed by atoms with E-state index in [9.17, 15) is 0 Å². The van der Waals surface area contributed by atoms with Gasteiger partial charge in [-0.25, -0.2) is 0 Å². The third kappa shape index (κ3) is 3.64. The van der Waals surface area contributed by atoms with E-state index in [4.69, 9.17) is 0 Å². The monoisotopic (exact) mass is 273 g/mol. The zero-order valence-electron chi connectivity index (χ0n) is 8.64. The van der Waals surface area contributed by atoms with Gasteiger partial charge in [-0.05, 0) is 36.9 Å². The van der Waals surface area contributed by atoms with Gasteiger partial charge in [0.15, 0.2) is 0 Å². The van der Waals surface area contributed by atoms with Crippen molar-refractivity contribution in [3.05, 3.63) is 28.2 Å². The molecule has 0 saturated heterocycles. The van der Waals surface area contributed by atoms with Crippen molar-refractivity contribution in [1.29, 1.82) is 0 Å². The lowest BCUT2D eigenvalue weighted by molar-refractivity contribution is 0.813. The summed E-state index contributed by atoms with van der Waals surface area (Å²) in [7, 11) is 1.96. The van der Waals surface area contributed by atoms with E-state index in [1.54, 1.807) is 0 Å².